The van der Waals surface area contributed by atoms with Crippen molar-refractivity contribution in [1.29, 1.82) is 0 Å². The lowest BCUT2D eigenvalue weighted by atomic mass is 10.1. The molecule has 8 heteroatoms. The first-order valence-electron chi connectivity index (χ1n) is 10.8. The summed E-state index contributed by atoms with van der Waals surface area (Å²) in [6, 6.07) is 18.0. The van der Waals surface area contributed by atoms with Gasteiger partial charge in [-0.15, -0.1) is 0 Å². The minimum absolute atomic E-state index is 0.00875. The van der Waals surface area contributed by atoms with Crippen LogP contribution in [-0.2, 0) is 16.1 Å². The minimum atomic E-state index is -1.03. The zero-order chi connectivity index (χ0) is 24.2. The van der Waals surface area contributed by atoms with Crippen molar-refractivity contribution in [3.05, 3.63) is 89.7 Å². The molecule has 0 saturated carbocycles. The standard InChI is InChI=1S/C26H24FN3O4/c1-17-6-10-21(11-7-17)30-25(32)23(15-24(31)28-20-8-12-22(34-2)13-9-20)29(26(30)33)16-18-4-3-5-19(27)14-18/h3-14,23H,15-16H2,1-2H3,(H,28,31)/t23-/m0/s1. The molecule has 1 aliphatic heterocycles. The number of carbonyl (C=O) groups excluding carboxylic acids is 3. The van der Waals surface area contributed by atoms with Crippen LogP contribution in [0.5, 0.6) is 5.75 Å². The van der Waals surface area contributed by atoms with E-state index in [2.05, 4.69) is 5.32 Å². The maximum atomic E-state index is 13.7. The van der Waals surface area contributed by atoms with Gasteiger partial charge in [0.2, 0.25) is 5.91 Å². The second-order valence-corrected chi connectivity index (χ2v) is 8.05. The maximum Gasteiger partial charge on any atom is 0.332 e. The molecule has 0 aromatic heterocycles. The molecule has 0 aliphatic carbocycles. The highest BCUT2D eigenvalue weighted by Crippen LogP contribution is 2.29. The molecule has 0 spiro atoms. The highest BCUT2D eigenvalue weighted by Gasteiger charge is 2.46. The molecule has 1 atom stereocenters. The first kappa shape index (κ1) is 23.0. The summed E-state index contributed by atoms with van der Waals surface area (Å²) in [7, 11) is 1.54. The van der Waals surface area contributed by atoms with Crippen molar-refractivity contribution in [1.82, 2.24) is 4.90 Å². The van der Waals surface area contributed by atoms with Crippen LogP contribution in [-0.4, -0.2) is 35.9 Å². The van der Waals surface area contributed by atoms with Crippen LogP contribution in [0.2, 0.25) is 0 Å². The number of halogens is 1. The van der Waals surface area contributed by atoms with Crippen LogP contribution >= 0.6 is 0 Å². The largest absolute Gasteiger partial charge is 0.497 e. The van der Waals surface area contributed by atoms with Crippen LogP contribution in [0.3, 0.4) is 0 Å². The molecule has 4 rings (SSSR count). The number of nitrogens with one attached hydrogen (secondary N) is 1. The fourth-order valence-electron chi connectivity index (χ4n) is 3.84. The Balaban J connectivity index is 1.59. The topological polar surface area (TPSA) is 79.0 Å². The fraction of sp³-hybridized carbons (Fsp3) is 0.192. The number of anilines is 2. The zero-order valence-electron chi connectivity index (χ0n) is 18.8. The minimum Gasteiger partial charge on any atom is -0.497 e. The van der Waals surface area contributed by atoms with E-state index in [1.54, 1.807) is 61.7 Å². The Morgan fingerprint density at radius 3 is 2.38 bits per heavy atom. The van der Waals surface area contributed by atoms with Gasteiger partial charge in [-0.25, -0.2) is 14.1 Å². The monoisotopic (exact) mass is 461 g/mol. The van der Waals surface area contributed by atoms with Crippen molar-refractivity contribution < 1.29 is 23.5 Å². The summed E-state index contributed by atoms with van der Waals surface area (Å²) in [6.45, 7) is 1.89. The predicted octanol–water partition coefficient (Wildman–Crippen LogP) is 4.51. The number of methoxy groups -OCH3 is 1. The van der Waals surface area contributed by atoms with Crippen LogP contribution in [0.4, 0.5) is 20.6 Å². The number of rotatable bonds is 7. The second-order valence-electron chi connectivity index (χ2n) is 8.05. The van der Waals surface area contributed by atoms with Gasteiger partial charge in [0.15, 0.2) is 0 Å². The third kappa shape index (κ3) is 4.91. The summed E-state index contributed by atoms with van der Waals surface area (Å²) < 4.78 is 18.9. The molecule has 1 aliphatic rings. The van der Waals surface area contributed by atoms with E-state index in [4.69, 9.17) is 4.74 Å². The fourth-order valence-corrected chi connectivity index (χ4v) is 3.84. The predicted molar refractivity (Wildman–Crippen MR) is 126 cm³/mol. The Labute approximate surface area is 196 Å². The lowest BCUT2D eigenvalue weighted by Crippen LogP contribution is -2.37. The number of imide groups is 1. The average molecular weight is 461 g/mol. The molecule has 1 fully saturated rings. The number of ether oxygens (including phenoxy) is 1. The van der Waals surface area contributed by atoms with Gasteiger partial charge in [0.25, 0.3) is 5.91 Å². The van der Waals surface area contributed by atoms with Gasteiger partial charge in [0.05, 0.1) is 19.2 Å². The average Bonchev–Trinajstić information content (AvgIpc) is 3.04. The Bertz CT molecular complexity index is 1210. The molecule has 3 aromatic carbocycles. The summed E-state index contributed by atoms with van der Waals surface area (Å²) in [5.41, 5.74) is 2.46. The maximum absolute atomic E-state index is 13.7. The molecule has 3 aromatic rings. The molecule has 1 saturated heterocycles. The Morgan fingerprint density at radius 1 is 1.03 bits per heavy atom. The lowest BCUT2D eigenvalue weighted by Gasteiger charge is -2.21. The molecule has 4 amide bonds. The van der Waals surface area contributed by atoms with Crippen molar-refractivity contribution in [3.63, 3.8) is 0 Å². The number of hydrogen-bond acceptors (Lipinski definition) is 4. The quantitative estimate of drug-likeness (QED) is 0.525. The molecular formula is C26H24FN3O4. The molecule has 0 radical (unpaired) electrons. The number of amides is 4. The van der Waals surface area contributed by atoms with E-state index in [0.717, 1.165) is 10.5 Å². The molecular weight excluding hydrogens is 437 g/mol. The Hall–Kier alpha value is -4.20. The zero-order valence-corrected chi connectivity index (χ0v) is 18.8. The van der Waals surface area contributed by atoms with Crippen molar-refractivity contribution in [2.24, 2.45) is 0 Å². The third-order valence-corrected chi connectivity index (χ3v) is 5.61. The van der Waals surface area contributed by atoms with Crippen molar-refractivity contribution in [2.45, 2.75) is 25.9 Å². The van der Waals surface area contributed by atoms with Crippen LogP contribution in [0.1, 0.15) is 17.5 Å². The molecule has 0 bridgehead atoms. The van der Waals surface area contributed by atoms with E-state index in [1.807, 2.05) is 6.92 Å². The van der Waals surface area contributed by atoms with Crippen molar-refractivity contribution in [3.8, 4) is 5.75 Å². The van der Waals surface area contributed by atoms with E-state index in [-0.39, 0.29) is 13.0 Å². The summed E-state index contributed by atoms with van der Waals surface area (Å²) in [5.74, 6) is -0.731. The number of carbonyl (C=O) groups is 3. The first-order valence-corrected chi connectivity index (χ1v) is 10.8. The van der Waals surface area contributed by atoms with Crippen LogP contribution in [0.25, 0.3) is 0 Å². The van der Waals surface area contributed by atoms with Gasteiger partial charge >= 0.3 is 6.03 Å². The normalized spacial score (nSPS) is 15.6. The SMILES string of the molecule is COc1ccc(NC(=O)C[C@H]2C(=O)N(c3ccc(C)cc3)C(=O)N2Cc2cccc(F)c2)cc1. The summed E-state index contributed by atoms with van der Waals surface area (Å²) in [5, 5.41) is 2.75. The number of aryl methyl sites for hydroxylation is 1. The van der Waals surface area contributed by atoms with Gasteiger partial charge in [-0.1, -0.05) is 29.8 Å². The molecule has 34 heavy (non-hydrogen) atoms. The van der Waals surface area contributed by atoms with E-state index >= 15 is 0 Å². The lowest BCUT2D eigenvalue weighted by molar-refractivity contribution is -0.124. The van der Waals surface area contributed by atoms with Gasteiger partial charge < -0.3 is 15.0 Å². The number of benzene rings is 3. The van der Waals surface area contributed by atoms with Crippen molar-refractivity contribution >= 4 is 29.2 Å². The van der Waals surface area contributed by atoms with E-state index < -0.39 is 29.7 Å². The van der Waals surface area contributed by atoms with Crippen LogP contribution in [0, 0.1) is 12.7 Å². The van der Waals surface area contributed by atoms with E-state index in [9.17, 15) is 18.8 Å². The molecule has 7 nitrogen and oxygen atoms in total. The van der Waals surface area contributed by atoms with Gasteiger partial charge in [-0.3, -0.25) is 9.59 Å². The first-order chi connectivity index (χ1) is 16.4. The van der Waals surface area contributed by atoms with Gasteiger partial charge in [-0.2, -0.15) is 0 Å². The smallest absolute Gasteiger partial charge is 0.332 e. The van der Waals surface area contributed by atoms with E-state index in [1.165, 1.54) is 23.1 Å². The van der Waals surface area contributed by atoms with Crippen LogP contribution in [0.15, 0.2) is 72.8 Å². The molecule has 0 unspecified atom stereocenters. The summed E-state index contributed by atoms with van der Waals surface area (Å²) in [4.78, 5) is 41.8. The molecule has 174 valence electrons. The van der Waals surface area contributed by atoms with Gasteiger partial charge in [0.1, 0.15) is 17.6 Å². The molecule has 1 heterocycles. The third-order valence-electron chi connectivity index (χ3n) is 5.61. The number of hydrogen-bond donors (Lipinski definition) is 1. The summed E-state index contributed by atoms with van der Waals surface area (Å²) >= 11 is 0. The Kier molecular flexibility index (Phi) is 6.58. The highest BCUT2D eigenvalue weighted by molar-refractivity contribution is 6.22. The van der Waals surface area contributed by atoms with E-state index in [0.29, 0.717) is 22.7 Å². The van der Waals surface area contributed by atoms with Crippen molar-refractivity contribution in [2.75, 3.05) is 17.3 Å². The second kappa shape index (κ2) is 9.74. The number of urea groups is 1. The molecule has 1 N–H and O–H groups in total. The number of nitrogens with zero attached hydrogens (tertiary/aromatic N) is 2. The van der Waals surface area contributed by atoms with Crippen LogP contribution < -0.4 is 15.0 Å². The highest BCUT2D eigenvalue weighted by atomic mass is 19.1. The Morgan fingerprint density at radius 2 is 1.74 bits per heavy atom. The summed E-state index contributed by atoms with van der Waals surface area (Å²) in [6.07, 6.45) is -0.242. The van der Waals surface area contributed by atoms with Gasteiger partial charge in [0, 0.05) is 12.2 Å². The van der Waals surface area contributed by atoms with Gasteiger partial charge in [-0.05, 0) is 61.0 Å².